The van der Waals surface area contributed by atoms with Crippen LogP contribution < -0.4 is 0 Å². The fourth-order valence-corrected chi connectivity index (χ4v) is 3.24. The number of Topliss-reactive ketones (excluding diaryl/α,β-unsaturated/α-hetero) is 1. The van der Waals surface area contributed by atoms with Gasteiger partial charge >= 0.3 is 0 Å². The minimum atomic E-state index is -0.747. The normalized spacial score (nSPS) is 18.9. The minimum absolute atomic E-state index is 0.00947. The zero-order chi connectivity index (χ0) is 19.4. The molecule has 1 saturated heterocycles. The van der Waals surface area contributed by atoms with E-state index in [1.54, 1.807) is 19.2 Å². The van der Waals surface area contributed by atoms with E-state index in [0.717, 1.165) is 5.56 Å². The Morgan fingerprint density at radius 2 is 1.78 bits per heavy atom. The van der Waals surface area contributed by atoms with Crippen molar-refractivity contribution in [2.45, 2.75) is 12.5 Å². The van der Waals surface area contributed by atoms with Gasteiger partial charge < -0.3 is 14.7 Å². The van der Waals surface area contributed by atoms with Gasteiger partial charge in [-0.15, -0.1) is 0 Å². The topological polar surface area (TPSA) is 66.8 Å². The van der Waals surface area contributed by atoms with Crippen LogP contribution in [0.3, 0.4) is 0 Å². The van der Waals surface area contributed by atoms with Gasteiger partial charge in [-0.25, -0.2) is 4.39 Å². The summed E-state index contributed by atoms with van der Waals surface area (Å²) in [6.45, 7) is 0.765. The van der Waals surface area contributed by atoms with Gasteiger partial charge in [-0.2, -0.15) is 0 Å². The number of amides is 1. The Hall–Kier alpha value is -2.99. The van der Waals surface area contributed by atoms with Crippen LogP contribution in [0.25, 0.3) is 5.76 Å². The molecule has 0 bridgehead atoms. The highest BCUT2D eigenvalue weighted by Crippen LogP contribution is 2.39. The molecule has 1 aliphatic heterocycles. The number of nitrogens with zero attached hydrogens (tertiary/aromatic N) is 1. The van der Waals surface area contributed by atoms with Gasteiger partial charge in [0.15, 0.2) is 0 Å². The number of hydrogen-bond acceptors (Lipinski definition) is 4. The van der Waals surface area contributed by atoms with Crippen molar-refractivity contribution < 1.29 is 23.8 Å². The monoisotopic (exact) mass is 369 g/mol. The molecule has 140 valence electrons. The SMILES string of the molecule is COCCCN1C(=O)C(=O)C(=C(O)c2ccc(F)cc2)C1c1ccccc1. The summed E-state index contributed by atoms with van der Waals surface area (Å²) in [4.78, 5) is 26.8. The van der Waals surface area contributed by atoms with Gasteiger partial charge in [-0.3, -0.25) is 9.59 Å². The molecule has 2 aromatic rings. The Morgan fingerprint density at radius 3 is 2.41 bits per heavy atom. The molecule has 5 nitrogen and oxygen atoms in total. The highest BCUT2D eigenvalue weighted by molar-refractivity contribution is 6.46. The zero-order valence-corrected chi connectivity index (χ0v) is 14.9. The molecular weight excluding hydrogens is 349 g/mol. The molecule has 1 N–H and O–H groups in total. The third-order valence-corrected chi connectivity index (χ3v) is 4.52. The molecule has 1 unspecified atom stereocenters. The molecule has 0 radical (unpaired) electrons. The molecule has 2 aromatic carbocycles. The number of aliphatic hydroxyl groups is 1. The third-order valence-electron chi connectivity index (χ3n) is 4.52. The van der Waals surface area contributed by atoms with E-state index in [9.17, 15) is 19.1 Å². The van der Waals surface area contributed by atoms with E-state index in [0.29, 0.717) is 19.6 Å². The third kappa shape index (κ3) is 3.75. The van der Waals surface area contributed by atoms with Crippen molar-refractivity contribution >= 4 is 17.4 Å². The van der Waals surface area contributed by atoms with E-state index in [2.05, 4.69) is 0 Å². The second kappa shape index (κ2) is 8.14. The van der Waals surface area contributed by atoms with E-state index in [-0.39, 0.29) is 16.9 Å². The first-order valence-corrected chi connectivity index (χ1v) is 8.63. The summed E-state index contributed by atoms with van der Waals surface area (Å²) in [5, 5.41) is 10.8. The highest BCUT2D eigenvalue weighted by atomic mass is 19.1. The van der Waals surface area contributed by atoms with Crippen LogP contribution in [0.1, 0.15) is 23.6 Å². The molecule has 1 atom stereocenters. The number of carbonyl (C=O) groups excluding carboxylic acids is 2. The van der Waals surface area contributed by atoms with Crippen molar-refractivity contribution in [3.05, 3.63) is 77.1 Å². The zero-order valence-electron chi connectivity index (χ0n) is 14.9. The summed E-state index contributed by atoms with van der Waals surface area (Å²) >= 11 is 0. The van der Waals surface area contributed by atoms with Gasteiger partial charge in [0.05, 0.1) is 11.6 Å². The van der Waals surface area contributed by atoms with E-state index in [4.69, 9.17) is 4.74 Å². The number of ketones is 1. The molecule has 1 heterocycles. The van der Waals surface area contributed by atoms with Crippen molar-refractivity contribution in [1.29, 1.82) is 0 Å². The van der Waals surface area contributed by atoms with Gasteiger partial charge in [0.1, 0.15) is 11.6 Å². The Morgan fingerprint density at radius 1 is 1.11 bits per heavy atom. The Kier molecular flexibility index (Phi) is 5.66. The molecule has 0 saturated carbocycles. The first-order valence-electron chi connectivity index (χ1n) is 8.63. The maximum Gasteiger partial charge on any atom is 0.295 e. The van der Waals surface area contributed by atoms with Crippen LogP contribution in [-0.4, -0.2) is 42.0 Å². The van der Waals surface area contributed by atoms with Crippen molar-refractivity contribution in [2.75, 3.05) is 20.3 Å². The number of likely N-dealkylation sites (tertiary alicyclic amines) is 1. The van der Waals surface area contributed by atoms with E-state index in [1.165, 1.54) is 29.2 Å². The van der Waals surface area contributed by atoms with Crippen molar-refractivity contribution in [2.24, 2.45) is 0 Å². The predicted octanol–water partition coefficient (Wildman–Crippen LogP) is 3.28. The predicted molar refractivity (Wildman–Crippen MR) is 98.3 cm³/mol. The summed E-state index contributed by atoms with van der Waals surface area (Å²) in [7, 11) is 1.57. The van der Waals surface area contributed by atoms with Gasteiger partial charge in [-0.05, 0) is 36.2 Å². The quantitative estimate of drug-likeness (QED) is 0.367. The second-order valence-corrected chi connectivity index (χ2v) is 6.26. The van der Waals surface area contributed by atoms with Gasteiger partial charge in [0.2, 0.25) is 0 Å². The maximum absolute atomic E-state index is 13.2. The van der Waals surface area contributed by atoms with Crippen LogP contribution in [0.4, 0.5) is 4.39 Å². The molecular formula is C21H20FNO4. The first-order chi connectivity index (χ1) is 13.0. The lowest BCUT2D eigenvalue weighted by molar-refractivity contribution is -0.140. The number of halogens is 1. The molecule has 1 fully saturated rings. The van der Waals surface area contributed by atoms with Gasteiger partial charge in [-0.1, -0.05) is 30.3 Å². The molecule has 27 heavy (non-hydrogen) atoms. The lowest BCUT2D eigenvalue weighted by Crippen LogP contribution is -2.31. The average Bonchev–Trinajstić information content (AvgIpc) is 2.94. The van der Waals surface area contributed by atoms with Crippen LogP contribution in [0.2, 0.25) is 0 Å². The van der Waals surface area contributed by atoms with Crippen LogP contribution >= 0.6 is 0 Å². The molecule has 0 aromatic heterocycles. The summed E-state index contributed by atoms with van der Waals surface area (Å²) in [6, 6.07) is 13.5. The highest BCUT2D eigenvalue weighted by Gasteiger charge is 2.45. The lowest BCUT2D eigenvalue weighted by atomic mass is 9.95. The molecule has 3 rings (SSSR count). The largest absolute Gasteiger partial charge is 0.507 e. The van der Waals surface area contributed by atoms with Crippen LogP contribution in [0.5, 0.6) is 0 Å². The second-order valence-electron chi connectivity index (χ2n) is 6.26. The van der Waals surface area contributed by atoms with Crippen LogP contribution in [0.15, 0.2) is 60.2 Å². The smallest absolute Gasteiger partial charge is 0.295 e. The number of benzene rings is 2. The fraction of sp³-hybridized carbons (Fsp3) is 0.238. The lowest BCUT2D eigenvalue weighted by Gasteiger charge is -2.25. The summed E-state index contributed by atoms with van der Waals surface area (Å²) in [5.41, 5.74) is 1.01. The number of hydrogen-bond donors (Lipinski definition) is 1. The first kappa shape index (κ1) is 18.8. The van der Waals surface area contributed by atoms with E-state index >= 15 is 0 Å². The number of aliphatic hydroxyl groups excluding tert-OH is 1. The number of ether oxygens (including phenoxy) is 1. The molecule has 1 amide bonds. The van der Waals surface area contributed by atoms with Gasteiger partial charge in [0, 0.05) is 25.8 Å². The average molecular weight is 369 g/mol. The molecule has 0 aliphatic carbocycles. The van der Waals surface area contributed by atoms with Crippen LogP contribution in [0, 0.1) is 5.82 Å². The van der Waals surface area contributed by atoms with E-state index in [1.807, 2.05) is 18.2 Å². The number of methoxy groups -OCH3 is 1. The van der Waals surface area contributed by atoms with Crippen molar-refractivity contribution in [3.8, 4) is 0 Å². The van der Waals surface area contributed by atoms with Crippen molar-refractivity contribution in [1.82, 2.24) is 4.90 Å². The van der Waals surface area contributed by atoms with E-state index < -0.39 is 23.5 Å². The summed E-state index contributed by atoms with van der Waals surface area (Å²) in [6.07, 6.45) is 0.559. The Labute approximate surface area is 156 Å². The summed E-state index contributed by atoms with van der Waals surface area (Å²) in [5.74, 6) is -2.17. The maximum atomic E-state index is 13.2. The molecule has 0 spiro atoms. The van der Waals surface area contributed by atoms with Crippen molar-refractivity contribution in [3.63, 3.8) is 0 Å². The summed E-state index contributed by atoms with van der Waals surface area (Å²) < 4.78 is 18.2. The molecule has 6 heteroatoms. The Bertz CT molecular complexity index is 862. The van der Waals surface area contributed by atoms with Crippen LogP contribution in [-0.2, 0) is 14.3 Å². The van der Waals surface area contributed by atoms with Gasteiger partial charge in [0.25, 0.3) is 11.7 Å². The standard InChI is InChI=1S/C21H20FNO4/c1-27-13-5-12-23-18(14-6-3-2-4-7-14)17(20(25)21(23)26)19(24)15-8-10-16(22)11-9-15/h2-4,6-11,18,24H,5,12-13H2,1H3. The fourth-order valence-electron chi connectivity index (χ4n) is 3.24. The number of rotatable bonds is 6. The Balaban J connectivity index is 2.09. The molecule has 1 aliphatic rings. The minimum Gasteiger partial charge on any atom is -0.507 e. The number of carbonyl (C=O) groups is 2.